The zero-order chi connectivity index (χ0) is 14.8. The van der Waals surface area contributed by atoms with Gasteiger partial charge in [0.15, 0.2) is 0 Å². The average Bonchev–Trinajstić information content (AvgIpc) is 2.91. The molecule has 1 fully saturated rings. The van der Waals surface area contributed by atoms with Crippen LogP contribution in [0.25, 0.3) is 0 Å². The molecular formula is C13H23N5O2. The Labute approximate surface area is 118 Å². The topological polar surface area (TPSA) is 106 Å². The smallest absolute Gasteiger partial charge is 0.240 e. The Morgan fingerprint density at radius 1 is 1.65 bits per heavy atom. The number of amides is 1. The number of nitrogens with zero attached hydrogens (tertiary/aromatic N) is 2. The molecule has 2 rings (SSSR count). The van der Waals surface area contributed by atoms with E-state index >= 15 is 0 Å². The van der Waals surface area contributed by atoms with Crippen molar-refractivity contribution in [2.75, 3.05) is 13.2 Å². The minimum absolute atomic E-state index is 0.0394. The van der Waals surface area contributed by atoms with Gasteiger partial charge in [-0.1, -0.05) is 13.8 Å². The van der Waals surface area contributed by atoms with Crippen molar-refractivity contribution in [2.45, 2.75) is 45.3 Å². The fourth-order valence-electron chi connectivity index (χ4n) is 2.62. The van der Waals surface area contributed by atoms with Crippen LogP contribution in [-0.4, -0.2) is 45.9 Å². The third-order valence-electron chi connectivity index (χ3n) is 4.35. The van der Waals surface area contributed by atoms with E-state index < -0.39 is 5.54 Å². The summed E-state index contributed by atoms with van der Waals surface area (Å²) in [6.45, 7) is 7.03. The van der Waals surface area contributed by atoms with E-state index in [0.717, 1.165) is 5.82 Å². The first-order chi connectivity index (χ1) is 9.41. The van der Waals surface area contributed by atoms with Crippen molar-refractivity contribution in [3.63, 3.8) is 0 Å². The molecule has 0 aliphatic heterocycles. The standard InChI is InChI=1S/C13H23N5O2/c1-4-20-9-7-13(14,12(9,2)3)11(19)15-6-5-10-16-8-17-18-10/h8-9H,4-7,14H2,1-3H3,(H,15,19)(H,16,17,18). The van der Waals surface area contributed by atoms with Gasteiger partial charge in [-0.05, 0) is 6.92 Å². The molecule has 112 valence electrons. The molecule has 1 aliphatic carbocycles. The van der Waals surface area contributed by atoms with Crippen LogP contribution in [0.15, 0.2) is 6.33 Å². The number of nitrogens with two attached hydrogens (primary N) is 1. The first-order valence-corrected chi connectivity index (χ1v) is 6.95. The SMILES string of the molecule is CCOC1CC(N)(C(=O)NCCc2ncn[nH]2)C1(C)C. The largest absolute Gasteiger partial charge is 0.378 e. The monoisotopic (exact) mass is 281 g/mol. The normalized spacial score (nSPS) is 27.9. The summed E-state index contributed by atoms with van der Waals surface area (Å²) in [7, 11) is 0. The molecule has 0 radical (unpaired) electrons. The Bertz CT molecular complexity index is 459. The summed E-state index contributed by atoms with van der Waals surface area (Å²) in [5, 5.41) is 9.39. The highest BCUT2D eigenvalue weighted by atomic mass is 16.5. The van der Waals surface area contributed by atoms with Crippen molar-refractivity contribution in [3.05, 3.63) is 12.2 Å². The fourth-order valence-corrected chi connectivity index (χ4v) is 2.62. The summed E-state index contributed by atoms with van der Waals surface area (Å²) in [5.74, 6) is 0.620. The van der Waals surface area contributed by atoms with Crippen LogP contribution in [0.2, 0.25) is 0 Å². The van der Waals surface area contributed by atoms with Crippen LogP contribution >= 0.6 is 0 Å². The first-order valence-electron chi connectivity index (χ1n) is 6.95. The maximum absolute atomic E-state index is 12.3. The molecule has 0 aromatic carbocycles. The maximum Gasteiger partial charge on any atom is 0.240 e. The van der Waals surface area contributed by atoms with Gasteiger partial charge in [0.25, 0.3) is 0 Å². The molecule has 1 aromatic rings. The number of carbonyl (C=O) groups is 1. The van der Waals surface area contributed by atoms with Gasteiger partial charge in [-0.2, -0.15) is 5.10 Å². The van der Waals surface area contributed by atoms with Crippen LogP contribution in [0.1, 0.15) is 33.0 Å². The lowest BCUT2D eigenvalue weighted by molar-refractivity contribution is -0.170. The minimum atomic E-state index is -0.867. The van der Waals surface area contributed by atoms with E-state index in [9.17, 15) is 4.79 Å². The zero-order valence-electron chi connectivity index (χ0n) is 12.3. The second-order valence-corrected chi connectivity index (χ2v) is 5.78. The van der Waals surface area contributed by atoms with Crippen LogP contribution < -0.4 is 11.1 Å². The maximum atomic E-state index is 12.3. The highest BCUT2D eigenvalue weighted by molar-refractivity contribution is 5.88. The second kappa shape index (κ2) is 5.49. The Balaban J connectivity index is 1.86. The second-order valence-electron chi connectivity index (χ2n) is 5.78. The molecule has 20 heavy (non-hydrogen) atoms. The number of carbonyl (C=O) groups excluding carboxylic acids is 1. The molecule has 0 spiro atoms. The number of aromatic nitrogens is 3. The molecule has 1 aliphatic rings. The third kappa shape index (κ3) is 2.43. The van der Waals surface area contributed by atoms with E-state index in [1.807, 2.05) is 20.8 Å². The zero-order valence-corrected chi connectivity index (χ0v) is 12.3. The number of rotatable bonds is 6. The number of H-pyrrole nitrogens is 1. The summed E-state index contributed by atoms with van der Waals surface area (Å²) in [5.41, 5.74) is 5.05. The van der Waals surface area contributed by atoms with Crippen molar-refractivity contribution in [2.24, 2.45) is 11.1 Å². The van der Waals surface area contributed by atoms with E-state index in [4.69, 9.17) is 10.5 Å². The number of hydrogen-bond acceptors (Lipinski definition) is 5. The van der Waals surface area contributed by atoms with E-state index in [1.165, 1.54) is 6.33 Å². The summed E-state index contributed by atoms with van der Waals surface area (Å²) in [6, 6.07) is 0. The molecule has 2 unspecified atom stereocenters. The van der Waals surface area contributed by atoms with Gasteiger partial charge >= 0.3 is 0 Å². The molecular weight excluding hydrogens is 258 g/mol. The quantitative estimate of drug-likeness (QED) is 0.680. The first kappa shape index (κ1) is 14.9. The van der Waals surface area contributed by atoms with Gasteiger partial charge in [-0.25, -0.2) is 4.98 Å². The number of ether oxygens (including phenoxy) is 1. The lowest BCUT2D eigenvalue weighted by Crippen LogP contribution is -2.75. The number of nitrogens with one attached hydrogen (secondary N) is 2. The van der Waals surface area contributed by atoms with Crippen LogP contribution in [0.5, 0.6) is 0 Å². The molecule has 1 amide bonds. The molecule has 1 heterocycles. The molecule has 0 bridgehead atoms. The van der Waals surface area contributed by atoms with Crippen molar-refractivity contribution < 1.29 is 9.53 Å². The van der Waals surface area contributed by atoms with Crippen molar-refractivity contribution in [1.29, 1.82) is 0 Å². The molecule has 4 N–H and O–H groups in total. The van der Waals surface area contributed by atoms with Gasteiger partial charge in [0, 0.05) is 31.4 Å². The van der Waals surface area contributed by atoms with Crippen LogP contribution in [0, 0.1) is 5.41 Å². The van der Waals surface area contributed by atoms with Gasteiger partial charge in [-0.3, -0.25) is 9.89 Å². The Morgan fingerprint density at radius 2 is 2.40 bits per heavy atom. The molecule has 7 heteroatoms. The van der Waals surface area contributed by atoms with E-state index in [1.54, 1.807) is 0 Å². The van der Waals surface area contributed by atoms with Crippen molar-refractivity contribution in [1.82, 2.24) is 20.5 Å². The molecule has 0 saturated heterocycles. The van der Waals surface area contributed by atoms with Gasteiger partial charge in [0.05, 0.1) is 6.10 Å². The lowest BCUT2D eigenvalue weighted by Gasteiger charge is -2.57. The molecule has 1 aromatic heterocycles. The van der Waals surface area contributed by atoms with Gasteiger partial charge in [0.2, 0.25) is 5.91 Å². The summed E-state index contributed by atoms with van der Waals surface area (Å²) in [6.07, 6.45) is 2.65. The van der Waals surface area contributed by atoms with Gasteiger partial charge in [0.1, 0.15) is 17.7 Å². The van der Waals surface area contributed by atoms with Crippen LogP contribution in [-0.2, 0) is 16.0 Å². The fraction of sp³-hybridized carbons (Fsp3) is 0.769. The molecule has 2 atom stereocenters. The van der Waals surface area contributed by atoms with Crippen molar-refractivity contribution >= 4 is 5.91 Å². The average molecular weight is 281 g/mol. The lowest BCUT2D eigenvalue weighted by atomic mass is 9.54. The Hall–Kier alpha value is -1.47. The van der Waals surface area contributed by atoms with E-state index in [0.29, 0.717) is 26.0 Å². The Kier molecular flexibility index (Phi) is 4.10. The minimum Gasteiger partial charge on any atom is -0.378 e. The van der Waals surface area contributed by atoms with E-state index in [2.05, 4.69) is 20.5 Å². The highest BCUT2D eigenvalue weighted by Gasteiger charge is 2.62. The predicted octanol–water partition coefficient (Wildman–Crippen LogP) is -0.00410. The van der Waals surface area contributed by atoms with Gasteiger partial charge < -0.3 is 15.8 Å². The molecule has 1 saturated carbocycles. The number of hydrogen-bond donors (Lipinski definition) is 3. The predicted molar refractivity (Wildman–Crippen MR) is 73.8 cm³/mol. The summed E-state index contributed by atoms with van der Waals surface area (Å²) >= 11 is 0. The van der Waals surface area contributed by atoms with Crippen LogP contribution in [0.4, 0.5) is 0 Å². The Morgan fingerprint density at radius 3 is 2.95 bits per heavy atom. The highest BCUT2D eigenvalue weighted by Crippen LogP contribution is 2.49. The van der Waals surface area contributed by atoms with Gasteiger partial charge in [-0.15, -0.1) is 0 Å². The summed E-state index contributed by atoms with van der Waals surface area (Å²) < 4.78 is 5.62. The van der Waals surface area contributed by atoms with Crippen LogP contribution in [0.3, 0.4) is 0 Å². The van der Waals surface area contributed by atoms with E-state index in [-0.39, 0.29) is 17.4 Å². The third-order valence-corrected chi connectivity index (χ3v) is 4.35. The van der Waals surface area contributed by atoms with Crippen molar-refractivity contribution in [3.8, 4) is 0 Å². The number of aromatic amines is 1. The summed E-state index contributed by atoms with van der Waals surface area (Å²) in [4.78, 5) is 16.3. The molecule has 7 nitrogen and oxygen atoms in total.